The zero-order chi connectivity index (χ0) is 14.3. The van der Waals surface area contributed by atoms with Gasteiger partial charge >= 0.3 is 0 Å². The summed E-state index contributed by atoms with van der Waals surface area (Å²) >= 11 is 0. The number of rotatable bonds is 3. The van der Waals surface area contributed by atoms with Crippen LogP contribution in [0.25, 0.3) is 0 Å². The van der Waals surface area contributed by atoms with Gasteiger partial charge in [0.25, 0.3) is 0 Å². The molecule has 4 nitrogen and oxygen atoms in total. The highest BCUT2D eigenvalue weighted by Gasteiger charge is 2.47. The van der Waals surface area contributed by atoms with E-state index >= 15 is 0 Å². The number of hydrogen-bond acceptors (Lipinski definition) is 2. The SMILES string of the molecule is CC1C(=O)NC(C2CC2)C(=O)N1C(C)C1CCCCC1. The molecule has 1 aliphatic heterocycles. The van der Waals surface area contributed by atoms with Crippen LogP contribution in [0, 0.1) is 11.8 Å². The fraction of sp³-hybridized carbons (Fsp3) is 0.875. The van der Waals surface area contributed by atoms with Gasteiger partial charge < -0.3 is 10.2 Å². The van der Waals surface area contributed by atoms with Crippen molar-refractivity contribution in [3.8, 4) is 0 Å². The molecule has 0 bridgehead atoms. The molecule has 0 radical (unpaired) electrons. The van der Waals surface area contributed by atoms with Crippen molar-refractivity contribution >= 4 is 11.8 Å². The number of hydrogen-bond donors (Lipinski definition) is 1. The summed E-state index contributed by atoms with van der Waals surface area (Å²) in [6.45, 7) is 4.02. The summed E-state index contributed by atoms with van der Waals surface area (Å²) in [5, 5.41) is 2.94. The molecule has 1 heterocycles. The molecule has 3 aliphatic rings. The van der Waals surface area contributed by atoms with Crippen molar-refractivity contribution in [2.45, 2.75) is 76.9 Å². The van der Waals surface area contributed by atoms with Crippen LogP contribution in [0.5, 0.6) is 0 Å². The molecule has 3 atom stereocenters. The average Bonchev–Trinajstić information content (AvgIpc) is 3.28. The minimum atomic E-state index is -0.311. The first-order valence-electron chi connectivity index (χ1n) is 8.22. The topological polar surface area (TPSA) is 49.4 Å². The van der Waals surface area contributed by atoms with Crippen molar-refractivity contribution in [2.24, 2.45) is 11.8 Å². The van der Waals surface area contributed by atoms with Crippen molar-refractivity contribution in [1.82, 2.24) is 10.2 Å². The van der Waals surface area contributed by atoms with Crippen molar-refractivity contribution in [2.75, 3.05) is 0 Å². The van der Waals surface area contributed by atoms with E-state index in [0.29, 0.717) is 11.8 Å². The summed E-state index contributed by atoms with van der Waals surface area (Å²) in [4.78, 5) is 26.8. The van der Waals surface area contributed by atoms with Gasteiger partial charge in [-0.1, -0.05) is 19.3 Å². The Morgan fingerprint density at radius 3 is 2.35 bits per heavy atom. The summed E-state index contributed by atoms with van der Waals surface area (Å²) < 4.78 is 0. The van der Waals surface area contributed by atoms with Gasteiger partial charge in [-0.2, -0.15) is 0 Å². The summed E-state index contributed by atoms with van der Waals surface area (Å²) in [5.74, 6) is 1.16. The molecular weight excluding hydrogens is 252 g/mol. The maximum atomic E-state index is 12.8. The second kappa shape index (κ2) is 5.38. The van der Waals surface area contributed by atoms with E-state index in [4.69, 9.17) is 0 Å². The maximum absolute atomic E-state index is 12.8. The van der Waals surface area contributed by atoms with Gasteiger partial charge in [-0.15, -0.1) is 0 Å². The predicted octanol–water partition coefficient (Wildman–Crippen LogP) is 2.08. The lowest BCUT2D eigenvalue weighted by Crippen LogP contribution is -2.66. The van der Waals surface area contributed by atoms with Gasteiger partial charge in [0.05, 0.1) is 0 Å². The molecule has 2 amide bonds. The quantitative estimate of drug-likeness (QED) is 0.859. The van der Waals surface area contributed by atoms with E-state index in [-0.39, 0.29) is 29.9 Å². The van der Waals surface area contributed by atoms with Gasteiger partial charge in [-0.25, -0.2) is 0 Å². The third-order valence-electron chi connectivity index (χ3n) is 5.48. The molecule has 2 aliphatic carbocycles. The van der Waals surface area contributed by atoms with Crippen LogP contribution in [0.3, 0.4) is 0 Å². The fourth-order valence-electron chi connectivity index (χ4n) is 3.96. The molecule has 3 fully saturated rings. The van der Waals surface area contributed by atoms with Crippen LogP contribution >= 0.6 is 0 Å². The lowest BCUT2D eigenvalue weighted by Gasteiger charge is -2.44. The van der Waals surface area contributed by atoms with Crippen LogP contribution in [0.1, 0.15) is 58.8 Å². The zero-order valence-electron chi connectivity index (χ0n) is 12.6. The molecule has 1 saturated heterocycles. The molecular formula is C16H26N2O2. The molecule has 0 aromatic rings. The van der Waals surface area contributed by atoms with Crippen LogP contribution in [0.15, 0.2) is 0 Å². The van der Waals surface area contributed by atoms with Crippen LogP contribution in [-0.4, -0.2) is 34.8 Å². The second-order valence-corrected chi connectivity index (χ2v) is 6.88. The Labute approximate surface area is 121 Å². The van der Waals surface area contributed by atoms with E-state index in [2.05, 4.69) is 12.2 Å². The van der Waals surface area contributed by atoms with Gasteiger partial charge in [-0.05, 0) is 51.4 Å². The summed E-state index contributed by atoms with van der Waals surface area (Å²) in [6, 6.07) is -0.357. The molecule has 0 aromatic carbocycles. The first kappa shape index (κ1) is 13.9. The minimum absolute atomic E-state index is 0.0316. The molecule has 1 N–H and O–H groups in total. The molecule has 3 rings (SSSR count). The van der Waals surface area contributed by atoms with Gasteiger partial charge in [0.15, 0.2) is 0 Å². The first-order valence-corrected chi connectivity index (χ1v) is 8.22. The Bertz CT molecular complexity index is 399. The lowest BCUT2D eigenvalue weighted by molar-refractivity contribution is -0.153. The van der Waals surface area contributed by atoms with Crippen molar-refractivity contribution in [3.63, 3.8) is 0 Å². The predicted molar refractivity (Wildman–Crippen MR) is 77.0 cm³/mol. The highest BCUT2D eigenvalue weighted by atomic mass is 16.2. The monoisotopic (exact) mass is 278 g/mol. The molecule has 2 saturated carbocycles. The Morgan fingerprint density at radius 1 is 1.10 bits per heavy atom. The van der Waals surface area contributed by atoms with Gasteiger partial charge in [0.2, 0.25) is 11.8 Å². The van der Waals surface area contributed by atoms with Gasteiger partial charge in [-0.3, -0.25) is 9.59 Å². The fourth-order valence-corrected chi connectivity index (χ4v) is 3.96. The smallest absolute Gasteiger partial charge is 0.246 e. The second-order valence-electron chi connectivity index (χ2n) is 6.88. The Hall–Kier alpha value is -1.06. The zero-order valence-corrected chi connectivity index (χ0v) is 12.6. The third kappa shape index (κ3) is 2.45. The van der Waals surface area contributed by atoms with Crippen molar-refractivity contribution in [3.05, 3.63) is 0 Å². The Morgan fingerprint density at radius 2 is 1.75 bits per heavy atom. The Balaban J connectivity index is 1.76. The number of carbonyl (C=O) groups excluding carboxylic acids is 2. The van der Waals surface area contributed by atoms with Crippen LogP contribution in [0.4, 0.5) is 0 Å². The summed E-state index contributed by atoms with van der Waals surface area (Å²) in [6.07, 6.45) is 8.42. The normalized spacial score (nSPS) is 34.0. The highest BCUT2D eigenvalue weighted by Crippen LogP contribution is 2.37. The molecule has 3 unspecified atom stereocenters. The van der Waals surface area contributed by atoms with E-state index in [1.165, 1.54) is 32.1 Å². The number of carbonyl (C=O) groups is 2. The highest BCUT2D eigenvalue weighted by molar-refractivity contribution is 5.97. The summed E-state index contributed by atoms with van der Waals surface area (Å²) in [7, 11) is 0. The lowest BCUT2D eigenvalue weighted by atomic mass is 9.83. The Kier molecular flexibility index (Phi) is 3.74. The molecule has 0 aromatic heterocycles. The third-order valence-corrected chi connectivity index (χ3v) is 5.48. The molecule has 112 valence electrons. The van der Waals surface area contributed by atoms with Crippen molar-refractivity contribution in [1.29, 1.82) is 0 Å². The molecule has 20 heavy (non-hydrogen) atoms. The number of nitrogens with zero attached hydrogens (tertiary/aromatic N) is 1. The molecule has 0 spiro atoms. The van der Waals surface area contributed by atoms with Crippen LogP contribution in [-0.2, 0) is 9.59 Å². The van der Waals surface area contributed by atoms with E-state index in [1.807, 2.05) is 11.8 Å². The number of nitrogens with one attached hydrogen (secondary N) is 1. The van der Waals surface area contributed by atoms with E-state index in [0.717, 1.165) is 12.8 Å². The number of amides is 2. The standard InChI is InChI=1S/C16H26N2O2/c1-10(12-6-4-3-5-7-12)18-11(2)15(19)17-14(16(18)20)13-8-9-13/h10-14H,3-9H2,1-2H3,(H,17,19). The van der Waals surface area contributed by atoms with E-state index in [9.17, 15) is 9.59 Å². The van der Waals surface area contributed by atoms with Crippen LogP contribution < -0.4 is 5.32 Å². The van der Waals surface area contributed by atoms with Crippen LogP contribution in [0.2, 0.25) is 0 Å². The first-order chi connectivity index (χ1) is 9.59. The van der Waals surface area contributed by atoms with Gasteiger partial charge in [0.1, 0.15) is 12.1 Å². The summed E-state index contributed by atoms with van der Waals surface area (Å²) in [5.41, 5.74) is 0. The van der Waals surface area contributed by atoms with E-state index < -0.39 is 0 Å². The van der Waals surface area contributed by atoms with Crippen molar-refractivity contribution < 1.29 is 9.59 Å². The minimum Gasteiger partial charge on any atom is -0.342 e. The maximum Gasteiger partial charge on any atom is 0.246 e. The average molecular weight is 278 g/mol. The van der Waals surface area contributed by atoms with E-state index in [1.54, 1.807) is 0 Å². The largest absolute Gasteiger partial charge is 0.342 e. The molecule has 4 heteroatoms. The number of piperazine rings is 1. The van der Waals surface area contributed by atoms with Gasteiger partial charge in [0, 0.05) is 6.04 Å².